The van der Waals surface area contributed by atoms with Crippen LogP contribution in [0.3, 0.4) is 0 Å². The fourth-order valence-corrected chi connectivity index (χ4v) is 2.32. The zero-order valence-electron chi connectivity index (χ0n) is 8.02. The van der Waals surface area contributed by atoms with Gasteiger partial charge in [0.25, 0.3) is 0 Å². The third-order valence-electron chi connectivity index (χ3n) is 2.21. The molecule has 2 heterocycles. The van der Waals surface area contributed by atoms with Gasteiger partial charge in [0.2, 0.25) is 0 Å². The topological polar surface area (TPSA) is 42.4 Å². The molecule has 0 bridgehead atoms. The van der Waals surface area contributed by atoms with E-state index in [0.717, 1.165) is 42.6 Å². The molecule has 1 aromatic heterocycles. The SMILES string of the molecule is Cc1sc(N2CCOCC2)nc1C=O. The number of carbonyl (C=O) groups excluding carboxylic acids is 1. The van der Waals surface area contributed by atoms with Gasteiger partial charge < -0.3 is 9.64 Å². The fourth-order valence-electron chi connectivity index (χ4n) is 1.39. The van der Waals surface area contributed by atoms with Crippen LogP contribution in [-0.4, -0.2) is 37.6 Å². The predicted molar refractivity (Wildman–Crippen MR) is 55.3 cm³/mol. The molecule has 0 unspecified atom stereocenters. The van der Waals surface area contributed by atoms with E-state index >= 15 is 0 Å². The van der Waals surface area contributed by atoms with Crippen molar-refractivity contribution >= 4 is 22.8 Å². The van der Waals surface area contributed by atoms with Crippen LogP contribution in [0.1, 0.15) is 15.4 Å². The number of aromatic nitrogens is 1. The summed E-state index contributed by atoms with van der Waals surface area (Å²) >= 11 is 1.57. The van der Waals surface area contributed by atoms with Crippen molar-refractivity contribution in [2.24, 2.45) is 0 Å². The highest BCUT2D eigenvalue weighted by Gasteiger charge is 2.16. The van der Waals surface area contributed by atoms with Gasteiger partial charge in [0.1, 0.15) is 5.69 Å². The number of anilines is 1. The first-order valence-electron chi connectivity index (χ1n) is 4.56. The second kappa shape index (κ2) is 4.06. The second-order valence-electron chi connectivity index (χ2n) is 3.16. The number of rotatable bonds is 2. The zero-order chi connectivity index (χ0) is 9.97. The molecule has 1 saturated heterocycles. The number of hydrogen-bond donors (Lipinski definition) is 0. The zero-order valence-corrected chi connectivity index (χ0v) is 8.84. The molecule has 0 radical (unpaired) electrons. The van der Waals surface area contributed by atoms with Gasteiger partial charge in [-0.2, -0.15) is 0 Å². The number of ether oxygens (including phenoxy) is 1. The van der Waals surface area contributed by atoms with Gasteiger partial charge in [0.15, 0.2) is 11.4 Å². The number of morpholine rings is 1. The number of aryl methyl sites for hydroxylation is 1. The average molecular weight is 212 g/mol. The molecule has 0 atom stereocenters. The molecule has 5 heteroatoms. The first-order chi connectivity index (χ1) is 6.81. The van der Waals surface area contributed by atoms with Crippen molar-refractivity contribution in [3.8, 4) is 0 Å². The number of thiazole rings is 1. The Morgan fingerprint density at radius 1 is 1.50 bits per heavy atom. The van der Waals surface area contributed by atoms with Crippen molar-refractivity contribution < 1.29 is 9.53 Å². The molecular formula is C9H12N2O2S. The van der Waals surface area contributed by atoms with Crippen molar-refractivity contribution in [3.05, 3.63) is 10.6 Å². The normalized spacial score (nSPS) is 17.1. The van der Waals surface area contributed by atoms with Crippen LogP contribution < -0.4 is 4.90 Å². The lowest BCUT2D eigenvalue weighted by Crippen LogP contribution is -2.36. The third-order valence-corrected chi connectivity index (χ3v) is 3.26. The number of hydrogen-bond acceptors (Lipinski definition) is 5. The van der Waals surface area contributed by atoms with Crippen molar-refractivity contribution in [2.75, 3.05) is 31.2 Å². The number of nitrogens with zero attached hydrogens (tertiary/aromatic N) is 2. The molecule has 0 saturated carbocycles. The van der Waals surface area contributed by atoms with E-state index in [1.165, 1.54) is 0 Å². The standard InChI is InChI=1S/C9H12N2O2S/c1-7-8(6-12)10-9(14-7)11-2-4-13-5-3-11/h6H,2-5H2,1H3. The van der Waals surface area contributed by atoms with Crippen molar-refractivity contribution in [1.82, 2.24) is 4.98 Å². The maximum absolute atomic E-state index is 10.6. The van der Waals surface area contributed by atoms with Gasteiger partial charge in [-0.15, -0.1) is 11.3 Å². The summed E-state index contributed by atoms with van der Waals surface area (Å²) in [4.78, 5) is 18.0. The van der Waals surface area contributed by atoms with Crippen molar-refractivity contribution in [1.29, 1.82) is 0 Å². The largest absolute Gasteiger partial charge is 0.378 e. The van der Waals surface area contributed by atoms with Gasteiger partial charge in [0.05, 0.1) is 13.2 Å². The minimum atomic E-state index is 0.566. The lowest BCUT2D eigenvalue weighted by atomic mass is 10.4. The molecule has 0 amide bonds. The van der Waals surface area contributed by atoms with Crippen LogP contribution in [0.15, 0.2) is 0 Å². The Balaban J connectivity index is 2.18. The lowest BCUT2D eigenvalue weighted by molar-refractivity contribution is 0.111. The van der Waals surface area contributed by atoms with E-state index in [0.29, 0.717) is 5.69 Å². The summed E-state index contributed by atoms with van der Waals surface area (Å²) < 4.78 is 5.25. The third kappa shape index (κ3) is 1.78. The minimum absolute atomic E-state index is 0.566. The van der Waals surface area contributed by atoms with Gasteiger partial charge in [-0.25, -0.2) is 4.98 Å². The van der Waals surface area contributed by atoms with E-state index in [9.17, 15) is 4.79 Å². The molecule has 1 aliphatic heterocycles. The molecule has 1 fully saturated rings. The second-order valence-corrected chi connectivity index (χ2v) is 4.34. The summed E-state index contributed by atoms with van der Waals surface area (Å²) in [7, 11) is 0. The minimum Gasteiger partial charge on any atom is -0.378 e. The highest BCUT2D eigenvalue weighted by atomic mass is 32.1. The molecule has 1 aliphatic rings. The van der Waals surface area contributed by atoms with E-state index in [2.05, 4.69) is 9.88 Å². The smallest absolute Gasteiger partial charge is 0.186 e. The number of carbonyl (C=O) groups is 1. The lowest BCUT2D eigenvalue weighted by Gasteiger charge is -2.25. The molecule has 14 heavy (non-hydrogen) atoms. The van der Waals surface area contributed by atoms with Crippen molar-refractivity contribution in [2.45, 2.75) is 6.92 Å². The summed E-state index contributed by atoms with van der Waals surface area (Å²) in [5, 5.41) is 0.938. The Morgan fingerprint density at radius 3 is 2.79 bits per heavy atom. The molecule has 4 nitrogen and oxygen atoms in total. The van der Waals surface area contributed by atoms with Crippen LogP contribution in [0.4, 0.5) is 5.13 Å². The molecule has 0 N–H and O–H groups in total. The van der Waals surface area contributed by atoms with Crippen LogP contribution in [0, 0.1) is 6.92 Å². The highest BCUT2D eigenvalue weighted by Crippen LogP contribution is 2.25. The maximum atomic E-state index is 10.6. The van der Waals surface area contributed by atoms with E-state index < -0.39 is 0 Å². The van der Waals surface area contributed by atoms with Crippen LogP contribution in [-0.2, 0) is 4.74 Å². The Labute approximate surface area is 86.5 Å². The maximum Gasteiger partial charge on any atom is 0.186 e. The van der Waals surface area contributed by atoms with Crippen LogP contribution >= 0.6 is 11.3 Å². The van der Waals surface area contributed by atoms with Gasteiger partial charge in [0, 0.05) is 18.0 Å². The Bertz CT molecular complexity index is 332. The van der Waals surface area contributed by atoms with E-state index in [1.807, 2.05) is 6.92 Å². The van der Waals surface area contributed by atoms with Gasteiger partial charge in [-0.05, 0) is 6.92 Å². The summed E-state index contributed by atoms with van der Waals surface area (Å²) in [6.07, 6.45) is 0.815. The van der Waals surface area contributed by atoms with Crippen LogP contribution in [0.5, 0.6) is 0 Å². The Morgan fingerprint density at radius 2 is 2.21 bits per heavy atom. The molecule has 0 aromatic carbocycles. The van der Waals surface area contributed by atoms with E-state index in [4.69, 9.17) is 4.74 Å². The van der Waals surface area contributed by atoms with E-state index in [1.54, 1.807) is 11.3 Å². The van der Waals surface area contributed by atoms with Crippen LogP contribution in [0.2, 0.25) is 0 Å². The summed E-state index contributed by atoms with van der Waals surface area (Å²) in [5.41, 5.74) is 0.566. The summed E-state index contributed by atoms with van der Waals surface area (Å²) in [6.45, 7) is 5.14. The quantitative estimate of drug-likeness (QED) is 0.688. The Kier molecular flexibility index (Phi) is 2.79. The molecule has 76 valence electrons. The first kappa shape index (κ1) is 9.61. The van der Waals surface area contributed by atoms with Gasteiger partial charge in [-0.1, -0.05) is 0 Å². The fraction of sp³-hybridized carbons (Fsp3) is 0.556. The average Bonchev–Trinajstić information content (AvgIpc) is 2.61. The summed E-state index contributed by atoms with van der Waals surface area (Å²) in [6, 6.07) is 0. The Hall–Kier alpha value is -0.940. The van der Waals surface area contributed by atoms with Gasteiger partial charge >= 0.3 is 0 Å². The first-order valence-corrected chi connectivity index (χ1v) is 5.38. The van der Waals surface area contributed by atoms with Gasteiger partial charge in [-0.3, -0.25) is 4.79 Å². The highest BCUT2D eigenvalue weighted by molar-refractivity contribution is 7.15. The summed E-state index contributed by atoms with van der Waals surface area (Å²) in [5.74, 6) is 0. The molecule has 2 rings (SSSR count). The molecular weight excluding hydrogens is 200 g/mol. The van der Waals surface area contributed by atoms with E-state index in [-0.39, 0.29) is 0 Å². The number of aldehydes is 1. The van der Waals surface area contributed by atoms with Crippen molar-refractivity contribution in [3.63, 3.8) is 0 Å². The monoisotopic (exact) mass is 212 g/mol. The molecule has 0 spiro atoms. The predicted octanol–water partition coefficient (Wildman–Crippen LogP) is 1.10. The van der Waals surface area contributed by atoms with Crippen LogP contribution in [0.25, 0.3) is 0 Å². The molecule has 0 aliphatic carbocycles. The molecule has 1 aromatic rings.